The molecular formula is C60H52N2. The molecular weight excluding hydrogens is 749 g/mol. The van der Waals surface area contributed by atoms with E-state index in [0.29, 0.717) is 0 Å². The minimum Gasteiger partial charge on any atom is -0.309 e. The molecule has 0 unspecified atom stereocenters. The van der Waals surface area contributed by atoms with Crippen molar-refractivity contribution in [2.24, 2.45) is 0 Å². The normalized spacial score (nSPS) is 14.0. The first kappa shape index (κ1) is 38.1. The van der Waals surface area contributed by atoms with Crippen LogP contribution >= 0.6 is 0 Å². The highest BCUT2D eigenvalue weighted by atomic mass is 15.2. The van der Waals surface area contributed by atoms with Crippen LogP contribution in [0, 0.1) is 0 Å². The van der Waals surface area contributed by atoms with Gasteiger partial charge in [-0.3, -0.25) is 0 Å². The van der Waals surface area contributed by atoms with Crippen LogP contribution in [0.25, 0.3) is 43.8 Å². The smallest absolute Gasteiger partial charge is 0.0620 e. The van der Waals surface area contributed by atoms with Gasteiger partial charge in [0, 0.05) is 55.1 Å². The molecule has 2 aliphatic carbocycles. The summed E-state index contributed by atoms with van der Waals surface area (Å²) in [6.07, 6.45) is 4.17. The summed E-state index contributed by atoms with van der Waals surface area (Å²) in [6.45, 7) is 9.60. The molecule has 2 nitrogen and oxygen atoms in total. The first-order chi connectivity index (χ1) is 30.6. The van der Waals surface area contributed by atoms with Crippen molar-refractivity contribution in [1.82, 2.24) is 0 Å². The third kappa shape index (κ3) is 5.42. The van der Waals surface area contributed by atoms with Crippen LogP contribution in [0.2, 0.25) is 0 Å². The highest BCUT2D eigenvalue weighted by Gasteiger charge is 2.46. The molecule has 0 fully saturated rings. The summed E-state index contributed by atoms with van der Waals surface area (Å²) in [5.74, 6) is 0. The summed E-state index contributed by atoms with van der Waals surface area (Å²) >= 11 is 0. The van der Waals surface area contributed by atoms with Gasteiger partial charge in [0.2, 0.25) is 0 Å². The van der Waals surface area contributed by atoms with E-state index in [0.717, 1.165) is 48.4 Å². The molecule has 302 valence electrons. The largest absolute Gasteiger partial charge is 0.309 e. The zero-order valence-corrected chi connectivity index (χ0v) is 36.2. The summed E-state index contributed by atoms with van der Waals surface area (Å²) in [7, 11) is 0. The highest BCUT2D eigenvalue weighted by Crippen LogP contribution is 2.61. The molecule has 0 heterocycles. The fourth-order valence-corrected chi connectivity index (χ4v) is 11.7. The van der Waals surface area contributed by atoms with Crippen LogP contribution in [-0.4, -0.2) is 0 Å². The maximum absolute atomic E-state index is 2.64. The first-order valence-electron chi connectivity index (χ1n) is 22.7. The van der Waals surface area contributed by atoms with Crippen LogP contribution < -0.4 is 9.80 Å². The van der Waals surface area contributed by atoms with E-state index in [-0.39, 0.29) is 10.8 Å². The molecule has 0 N–H and O–H groups in total. The summed E-state index contributed by atoms with van der Waals surface area (Å²) in [5.41, 5.74) is 18.2. The molecule has 0 atom stereocenters. The lowest BCUT2D eigenvalue weighted by Gasteiger charge is -2.34. The fraction of sp³-hybridized carbons (Fsp3) is 0.167. The molecule has 0 amide bonds. The lowest BCUT2D eigenvalue weighted by Crippen LogP contribution is -2.24. The maximum atomic E-state index is 2.64. The number of anilines is 6. The molecule has 0 radical (unpaired) electrons. The monoisotopic (exact) mass is 800 g/mol. The third-order valence-corrected chi connectivity index (χ3v) is 14.8. The molecule has 9 aromatic rings. The minimum atomic E-state index is -0.154. The predicted octanol–water partition coefficient (Wildman–Crippen LogP) is 17.1. The fourth-order valence-electron chi connectivity index (χ4n) is 11.7. The van der Waals surface area contributed by atoms with Gasteiger partial charge in [0.15, 0.2) is 0 Å². The molecule has 0 aliphatic heterocycles. The molecule has 11 rings (SSSR count). The van der Waals surface area contributed by atoms with Crippen molar-refractivity contribution in [2.45, 2.75) is 64.2 Å². The third-order valence-electron chi connectivity index (χ3n) is 14.8. The van der Waals surface area contributed by atoms with Crippen LogP contribution in [-0.2, 0) is 10.8 Å². The zero-order chi connectivity index (χ0) is 42.0. The van der Waals surface area contributed by atoms with Gasteiger partial charge in [-0.25, -0.2) is 0 Å². The number of hydrogen-bond donors (Lipinski definition) is 0. The van der Waals surface area contributed by atoms with Gasteiger partial charge in [0.1, 0.15) is 0 Å². The molecule has 0 bridgehead atoms. The van der Waals surface area contributed by atoms with Gasteiger partial charge >= 0.3 is 0 Å². The lowest BCUT2D eigenvalue weighted by atomic mass is 9.71. The van der Waals surface area contributed by atoms with Crippen LogP contribution in [0.3, 0.4) is 0 Å². The van der Waals surface area contributed by atoms with Gasteiger partial charge in [-0.1, -0.05) is 149 Å². The van der Waals surface area contributed by atoms with E-state index in [4.69, 9.17) is 0 Å². The van der Waals surface area contributed by atoms with Crippen molar-refractivity contribution in [3.63, 3.8) is 0 Å². The Morgan fingerprint density at radius 2 is 0.613 bits per heavy atom. The Bertz CT molecular complexity index is 3030. The van der Waals surface area contributed by atoms with Gasteiger partial charge in [0.25, 0.3) is 0 Å². The Labute approximate surface area is 366 Å². The molecule has 0 saturated carbocycles. The number of para-hydroxylation sites is 4. The van der Waals surface area contributed by atoms with E-state index in [9.17, 15) is 0 Å². The van der Waals surface area contributed by atoms with Crippen LogP contribution in [0.1, 0.15) is 75.6 Å². The van der Waals surface area contributed by atoms with E-state index in [2.05, 4.69) is 232 Å². The number of benzene rings is 9. The molecule has 62 heavy (non-hydrogen) atoms. The standard InChI is InChI=1S/C60H52N2/c1-5-59(6-2)53-36-24-23-33-45(53)49-38-55-50(39-54(49)59)48-37-51-52(40-56(48)60(55,7-3)8-4)58(62(43-29-17-11-18-30-43)44-31-19-12-20-32-44)47-35-22-21-34-46(47)57(51)61(41-25-13-9-14-26-41)42-27-15-10-16-28-42/h9-40H,5-8H2,1-4H3. The number of rotatable bonds is 10. The molecule has 2 heteroatoms. The van der Waals surface area contributed by atoms with E-state index in [1.54, 1.807) is 0 Å². The zero-order valence-electron chi connectivity index (χ0n) is 36.2. The summed E-state index contributed by atoms with van der Waals surface area (Å²) in [4.78, 5) is 5.00. The van der Waals surface area contributed by atoms with Crippen molar-refractivity contribution in [2.75, 3.05) is 9.80 Å². The number of fused-ring (bicyclic) bond motifs is 8. The van der Waals surface area contributed by atoms with Gasteiger partial charge in [-0.15, -0.1) is 0 Å². The summed E-state index contributed by atoms with van der Waals surface area (Å²) in [5, 5.41) is 4.89. The van der Waals surface area contributed by atoms with E-state index < -0.39 is 0 Å². The van der Waals surface area contributed by atoms with Gasteiger partial charge in [-0.05, 0) is 143 Å². The first-order valence-corrected chi connectivity index (χ1v) is 22.7. The second kappa shape index (κ2) is 14.9. The Hall–Kier alpha value is -6.90. The lowest BCUT2D eigenvalue weighted by molar-refractivity contribution is 0.485. The van der Waals surface area contributed by atoms with Crippen LogP contribution in [0.15, 0.2) is 194 Å². The quantitative estimate of drug-likeness (QED) is 0.100. The highest BCUT2D eigenvalue weighted by molar-refractivity contribution is 6.24. The second-order valence-corrected chi connectivity index (χ2v) is 17.3. The number of hydrogen-bond acceptors (Lipinski definition) is 2. The van der Waals surface area contributed by atoms with Gasteiger partial charge in [0.05, 0.1) is 11.4 Å². The SMILES string of the molecule is CCC1(CC)c2ccccc2-c2cc3c(cc21)-c1cc2c(N(c4ccccc4)c4ccccc4)c4ccccc4c(N(c4ccccc4)c4ccccc4)c2cc1C3(CC)CC. The second-order valence-electron chi connectivity index (χ2n) is 17.3. The van der Waals surface area contributed by atoms with E-state index >= 15 is 0 Å². The molecule has 0 spiro atoms. The van der Waals surface area contributed by atoms with Gasteiger partial charge < -0.3 is 9.80 Å². The predicted molar refractivity (Wildman–Crippen MR) is 264 cm³/mol. The van der Waals surface area contributed by atoms with Crippen molar-refractivity contribution in [3.05, 3.63) is 216 Å². The summed E-state index contributed by atoms with van der Waals surface area (Å²) in [6, 6.07) is 72.6. The number of nitrogens with zero attached hydrogens (tertiary/aromatic N) is 2. The minimum absolute atomic E-state index is 0.0144. The van der Waals surface area contributed by atoms with Gasteiger partial charge in [-0.2, -0.15) is 0 Å². The Kier molecular flexibility index (Phi) is 9.16. The Morgan fingerprint density at radius 3 is 1.05 bits per heavy atom. The van der Waals surface area contributed by atoms with Crippen LogP contribution in [0.4, 0.5) is 34.1 Å². The summed E-state index contributed by atoms with van der Waals surface area (Å²) < 4.78 is 0. The van der Waals surface area contributed by atoms with Crippen molar-refractivity contribution in [1.29, 1.82) is 0 Å². The average Bonchev–Trinajstić information content (AvgIpc) is 3.77. The van der Waals surface area contributed by atoms with Crippen molar-refractivity contribution < 1.29 is 0 Å². The van der Waals surface area contributed by atoms with Crippen molar-refractivity contribution >= 4 is 55.7 Å². The molecule has 0 saturated heterocycles. The molecule has 9 aromatic carbocycles. The molecule has 0 aromatic heterocycles. The Morgan fingerprint density at radius 1 is 0.290 bits per heavy atom. The van der Waals surface area contributed by atoms with Crippen LogP contribution in [0.5, 0.6) is 0 Å². The topological polar surface area (TPSA) is 6.48 Å². The van der Waals surface area contributed by atoms with E-state index in [1.165, 1.54) is 77.4 Å². The van der Waals surface area contributed by atoms with Crippen molar-refractivity contribution in [3.8, 4) is 22.3 Å². The maximum Gasteiger partial charge on any atom is 0.0620 e. The average molecular weight is 801 g/mol. The Balaban J connectivity index is 1.32. The molecule has 2 aliphatic rings. The van der Waals surface area contributed by atoms with E-state index in [1.807, 2.05) is 0 Å².